The first kappa shape index (κ1) is 21.6. The first-order chi connectivity index (χ1) is 17.2. The van der Waals surface area contributed by atoms with Crippen molar-refractivity contribution >= 4 is 22.3 Å². The zero-order valence-electron chi connectivity index (χ0n) is 20.0. The number of nitrogens with zero attached hydrogens (tertiary/aromatic N) is 2. The summed E-state index contributed by atoms with van der Waals surface area (Å²) in [5, 5.41) is 4.79. The van der Waals surface area contributed by atoms with Crippen LogP contribution in [0.25, 0.3) is 22.0 Å². The minimum Gasteiger partial charge on any atom is -0.355 e. The standard InChI is InChI=1S/C32H29N3/c1-23-19-32(30-15-6-7-16-31(30)33-23)34-28-13-8-12-25(20-28)29-14-5-4-11-27(29)22-35-18-17-24-9-2-3-10-26(24)21-35/h2-16,19-20H,17-18,21-22H2,1H3,(H,33,34). The molecule has 0 saturated carbocycles. The fourth-order valence-corrected chi connectivity index (χ4v) is 5.20. The summed E-state index contributed by atoms with van der Waals surface area (Å²) in [6.45, 7) is 5.11. The van der Waals surface area contributed by atoms with Crippen molar-refractivity contribution in [3.8, 4) is 11.1 Å². The second-order valence-electron chi connectivity index (χ2n) is 9.42. The Morgan fingerprint density at radius 2 is 1.60 bits per heavy atom. The smallest absolute Gasteiger partial charge is 0.0726 e. The Labute approximate surface area is 207 Å². The molecule has 1 aliphatic rings. The van der Waals surface area contributed by atoms with Gasteiger partial charge in [-0.3, -0.25) is 9.88 Å². The minimum absolute atomic E-state index is 0.955. The van der Waals surface area contributed by atoms with E-state index in [1.807, 2.05) is 13.0 Å². The van der Waals surface area contributed by atoms with Gasteiger partial charge in [0.1, 0.15) is 0 Å². The van der Waals surface area contributed by atoms with E-state index in [0.29, 0.717) is 0 Å². The SMILES string of the molecule is Cc1cc(Nc2cccc(-c3ccccc3CN3CCc4ccccc4C3)c2)c2ccccc2n1. The molecule has 1 N–H and O–H groups in total. The maximum Gasteiger partial charge on any atom is 0.0726 e. The van der Waals surface area contributed by atoms with Crippen LogP contribution >= 0.6 is 0 Å². The zero-order chi connectivity index (χ0) is 23.6. The first-order valence-corrected chi connectivity index (χ1v) is 12.3. The molecule has 3 nitrogen and oxygen atoms in total. The van der Waals surface area contributed by atoms with E-state index in [9.17, 15) is 0 Å². The molecule has 0 spiro atoms. The quantitative estimate of drug-likeness (QED) is 0.297. The minimum atomic E-state index is 0.955. The number of pyridine rings is 1. The maximum absolute atomic E-state index is 4.68. The summed E-state index contributed by atoms with van der Waals surface area (Å²) >= 11 is 0. The molecule has 6 rings (SSSR count). The van der Waals surface area contributed by atoms with Gasteiger partial charge in [0.05, 0.1) is 5.52 Å². The molecule has 4 aromatic carbocycles. The van der Waals surface area contributed by atoms with Crippen LogP contribution in [0.15, 0.2) is 103 Å². The van der Waals surface area contributed by atoms with Crippen LogP contribution in [-0.4, -0.2) is 16.4 Å². The van der Waals surface area contributed by atoms with E-state index in [0.717, 1.165) is 54.0 Å². The van der Waals surface area contributed by atoms with Gasteiger partial charge >= 0.3 is 0 Å². The molecular weight excluding hydrogens is 426 g/mol. The van der Waals surface area contributed by atoms with Crippen molar-refractivity contribution in [2.75, 3.05) is 11.9 Å². The normalized spacial score (nSPS) is 13.5. The Kier molecular flexibility index (Phi) is 5.77. The monoisotopic (exact) mass is 455 g/mol. The lowest BCUT2D eigenvalue weighted by Gasteiger charge is -2.29. The molecular formula is C32H29N3. The van der Waals surface area contributed by atoms with Crippen LogP contribution < -0.4 is 5.32 Å². The van der Waals surface area contributed by atoms with Crippen LogP contribution in [-0.2, 0) is 19.5 Å². The second-order valence-corrected chi connectivity index (χ2v) is 9.42. The van der Waals surface area contributed by atoms with Gasteiger partial charge in [0, 0.05) is 42.1 Å². The molecule has 0 atom stereocenters. The van der Waals surface area contributed by atoms with E-state index in [4.69, 9.17) is 0 Å². The van der Waals surface area contributed by atoms with E-state index in [1.54, 1.807) is 0 Å². The van der Waals surface area contributed by atoms with Gasteiger partial charge in [-0.2, -0.15) is 0 Å². The Morgan fingerprint density at radius 1 is 0.800 bits per heavy atom. The molecule has 0 unspecified atom stereocenters. The summed E-state index contributed by atoms with van der Waals surface area (Å²) in [4.78, 5) is 7.24. The van der Waals surface area contributed by atoms with Crippen LogP contribution in [0.4, 0.5) is 11.4 Å². The van der Waals surface area contributed by atoms with Gasteiger partial charge in [-0.05, 0) is 65.4 Å². The Morgan fingerprint density at radius 3 is 2.54 bits per heavy atom. The van der Waals surface area contributed by atoms with Crippen LogP contribution in [0.2, 0.25) is 0 Å². The van der Waals surface area contributed by atoms with Crippen molar-refractivity contribution in [2.24, 2.45) is 0 Å². The number of hydrogen-bond donors (Lipinski definition) is 1. The van der Waals surface area contributed by atoms with Gasteiger partial charge in [0.2, 0.25) is 0 Å². The first-order valence-electron chi connectivity index (χ1n) is 12.3. The lowest BCUT2D eigenvalue weighted by Crippen LogP contribution is -2.30. The number of para-hydroxylation sites is 1. The number of hydrogen-bond acceptors (Lipinski definition) is 3. The molecule has 172 valence electrons. The largest absolute Gasteiger partial charge is 0.355 e. The molecule has 0 saturated heterocycles. The summed E-state index contributed by atoms with van der Waals surface area (Å²) < 4.78 is 0. The third kappa shape index (κ3) is 4.55. The van der Waals surface area contributed by atoms with Gasteiger partial charge in [-0.25, -0.2) is 0 Å². The molecule has 5 aromatic rings. The molecule has 0 amide bonds. The molecule has 0 radical (unpaired) electrons. The van der Waals surface area contributed by atoms with E-state index in [1.165, 1.54) is 27.8 Å². The predicted octanol–water partition coefficient (Wildman–Crippen LogP) is 7.51. The summed E-state index contributed by atoms with van der Waals surface area (Å²) in [5.41, 5.74) is 11.1. The van der Waals surface area contributed by atoms with E-state index < -0.39 is 0 Å². The van der Waals surface area contributed by atoms with Crippen molar-refractivity contribution < 1.29 is 0 Å². The number of benzene rings is 4. The van der Waals surface area contributed by atoms with Crippen molar-refractivity contribution in [3.63, 3.8) is 0 Å². The van der Waals surface area contributed by atoms with Gasteiger partial charge in [0.25, 0.3) is 0 Å². The van der Waals surface area contributed by atoms with Crippen LogP contribution in [0.5, 0.6) is 0 Å². The molecule has 3 heteroatoms. The molecule has 0 aliphatic carbocycles. The number of fused-ring (bicyclic) bond motifs is 2. The van der Waals surface area contributed by atoms with Crippen LogP contribution in [0, 0.1) is 6.92 Å². The van der Waals surface area contributed by atoms with Crippen molar-refractivity contribution in [3.05, 3.63) is 126 Å². The zero-order valence-corrected chi connectivity index (χ0v) is 20.0. The molecule has 1 aliphatic heterocycles. The highest BCUT2D eigenvalue weighted by Crippen LogP contribution is 2.31. The van der Waals surface area contributed by atoms with Crippen LogP contribution in [0.3, 0.4) is 0 Å². The fourth-order valence-electron chi connectivity index (χ4n) is 5.20. The topological polar surface area (TPSA) is 28.2 Å². The van der Waals surface area contributed by atoms with Crippen molar-refractivity contribution in [2.45, 2.75) is 26.4 Å². The summed E-state index contributed by atoms with van der Waals surface area (Å²) in [5.74, 6) is 0. The predicted molar refractivity (Wildman–Crippen MR) is 146 cm³/mol. The van der Waals surface area contributed by atoms with E-state index in [-0.39, 0.29) is 0 Å². The van der Waals surface area contributed by atoms with E-state index in [2.05, 4.69) is 112 Å². The number of aromatic nitrogens is 1. The number of nitrogens with one attached hydrogen (secondary N) is 1. The van der Waals surface area contributed by atoms with Crippen LogP contribution in [0.1, 0.15) is 22.4 Å². The summed E-state index contributed by atoms with van der Waals surface area (Å²) in [7, 11) is 0. The van der Waals surface area contributed by atoms with Gasteiger partial charge in [0.15, 0.2) is 0 Å². The number of aryl methyl sites for hydroxylation is 1. The highest BCUT2D eigenvalue weighted by atomic mass is 15.1. The van der Waals surface area contributed by atoms with Gasteiger partial charge in [-0.15, -0.1) is 0 Å². The average molecular weight is 456 g/mol. The third-order valence-corrected chi connectivity index (χ3v) is 6.92. The highest BCUT2D eigenvalue weighted by molar-refractivity contribution is 5.93. The summed E-state index contributed by atoms with van der Waals surface area (Å²) in [6, 6.07) is 36.8. The molecule has 0 fully saturated rings. The van der Waals surface area contributed by atoms with Crippen molar-refractivity contribution in [1.82, 2.24) is 9.88 Å². The molecule has 0 bridgehead atoms. The number of anilines is 2. The Balaban J connectivity index is 1.28. The second kappa shape index (κ2) is 9.36. The Hall–Kier alpha value is -3.95. The Bertz CT molecular complexity index is 1500. The molecule has 1 aromatic heterocycles. The maximum atomic E-state index is 4.68. The lowest BCUT2D eigenvalue weighted by molar-refractivity contribution is 0.246. The van der Waals surface area contributed by atoms with Crippen molar-refractivity contribution in [1.29, 1.82) is 0 Å². The summed E-state index contributed by atoms with van der Waals surface area (Å²) in [6.07, 6.45) is 1.12. The average Bonchev–Trinajstić information content (AvgIpc) is 2.89. The number of rotatable bonds is 5. The van der Waals surface area contributed by atoms with E-state index >= 15 is 0 Å². The molecule has 35 heavy (non-hydrogen) atoms. The van der Waals surface area contributed by atoms with Gasteiger partial charge in [-0.1, -0.05) is 78.9 Å². The third-order valence-electron chi connectivity index (χ3n) is 6.92. The lowest BCUT2D eigenvalue weighted by atomic mass is 9.96. The fraction of sp³-hybridized carbons (Fsp3) is 0.156. The van der Waals surface area contributed by atoms with Gasteiger partial charge < -0.3 is 5.32 Å². The highest BCUT2D eigenvalue weighted by Gasteiger charge is 2.17. The molecule has 2 heterocycles.